The van der Waals surface area contributed by atoms with Crippen LogP contribution in [0.5, 0.6) is 0 Å². The van der Waals surface area contributed by atoms with Gasteiger partial charge in [0.15, 0.2) is 0 Å². The molecule has 3 aromatic rings. The third-order valence-electron chi connectivity index (χ3n) is 3.99. The third-order valence-corrected chi connectivity index (χ3v) is 7.82. The first kappa shape index (κ1) is 19.9. The summed E-state index contributed by atoms with van der Waals surface area (Å²) >= 11 is 4.79. The lowest BCUT2D eigenvalue weighted by Crippen LogP contribution is -2.27. The van der Waals surface area contributed by atoms with Crippen molar-refractivity contribution in [1.82, 2.24) is 14.2 Å². The fourth-order valence-corrected chi connectivity index (χ4v) is 5.38. The van der Waals surface area contributed by atoms with Gasteiger partial charge >= 0.3 is 0 Å². The Morgan fingerprint density at radius 3 is 2.52 bits per heavy atom. The average Bonchev–Trinajstić information content (AvgIpc) is 3.03. The van der Waals surface area contributed by atoms with Gasteiger partial charge in [0.1, 0.15) is 5.01 Å². The average molecular weight is 468 g/mol. The predicted octanol–water partition coefficient (Wildman–Crippen LogP) is 3.58. The van der Waals surface area contributed by atoms with Crippen molar-refractivity contribution in [2.24, 2.45) is 0 Å². The van der Waals surface area contributed by atoms with Crippen LogP contribution in [0.25, 0.3) is 10.2 Å². The van der Waals surface area contributed by atoms with Crippen LogP contribution in [-0.4, -0.2) is 49.7 Å². The molecule has 0 saturated carbocycles. The minimum atomic E-state index is -3.66. The van der Waals surface area contributed by atoms with Gasteiger partial charge in [-0.15, -0.1) is 11.3 Å². The van der Waals surface area contributed by atoms with E-state index >= 15 is 0 Å². The second-order valence-corrected chi connectivity index (χ2v) is 10.3. The van der Waals surface area contributed by atoms with Crippen LogP contribution in [0.2, 0.25) is 0 Å². The Bertz CT molecular complexity index is 1080. The van der Waals surface area contributed by atoms with Gasteiger partial charge < -0.3 is 4.90 Å². The van der Waals surface area contributed by atoms with Crippen molar-refractivity contribution in [2.75, 3.05) is 21.1 Å². The number of para-hydroxylation sites is 1. The lowest BCUT2D eigenvalue weighted by atomic mass is 10.2. The van der Waals surface area contributed by atoms with Gasteiger partial charge in [-0.25, -0.2) is 17.7 Å². The zero-order valence-electron chi connectivity index (χ0n) is 15.0. The van der Waals surface area contributed by atoms with Crippen molar-refractivity contribution in [3.8, 4) is 0 Å². The van der Waals surface area contributed by atoms with E-state index in [4.69, 9.17) is 0 Å². The highest BCUT2D eigenvalue weighted by atomic mass is 79.9. The molecule has 0 radical (unpaired) electrons. The monoisotopic (exact) mass is 467 g/mol. The number of halogens is 1. The summed E-state index contributed by atoms with van der Waals surface area (Å²) in [7, 11) is 0.925. The molecule has 0 fully saturated rings. The van der Waals surface area contributed by atoms with Gasteiger partial charge in [0.05, 0.1) is 21.7 Å². The van der Waals surface area contributed by atoms with Gasteiger partial charge in [0.2, 0.25) is 10.0 Å². The van der Waals surface area contributed by atoms with Crippen molar-refractivity contribution < 1.29 is 13.2 Å². The number of thiazole rings is 1. The minimum absolute atomic E-state index is 0.0618. The van der Waals surface area contributed by atoms with E-state index in [0.717, 1.165) is 19.5 Å². The van der Waals surface area contributed by atoms with Gasteiger partial charge in [0.25, 0.3) is 5.91 Å². The fraction of sp³-hybridized carbons (Fsp3) is 0.222. The highest BCUT2D eigenvalue weighted by Gasteiger charge is 2.23. The molecular weight excluding hydrogens is 450 g/mol. The third kappa shape index (κ3) is 4.06. The van der Waals surface area contributed by atoms with Crippen LogP contribution in [0.15, 0.2) is 51.8 Å². The maximum atomic E-state index is 12.8. The Hall–Kier alpha value is -1.81. The Morgan fingerprint density at radius 1 is 1.15 bits per heavy atom. The quantitative estimate of drug-likeness (QED) is 0.574. The number of aromatic nitrogens is 1. The van der Waals surface area contributed by atoms with E-state index in [9.17, 15) is 13.2 Å². The summed E-state index contributed by atoms with van der Waals surface area (Å²) in [5.74, 6) is -0.267. The van der Waals surface area contributed by atoms with Gasteiger partial charge in [0, 0.05) is 31.2 Å². The Balaban J connectivity index is 1.86. The van der Waals surface area contributed by atoms with Crippen molar-refractivity contribution in [1.29, 1.82) is 0 Å². The lowest BCUT2D eigenvalue weighted by Gasteiger charge is -2.18. The fourth-order valence-electron chi connectivity index (χ4n) is 2.51. The number of carbonyl (C=O) groups is 1. The molecule has 0 N–H and O–H groups in total. The second kappa shape index (κ2) is 7.67. The SMILES string of the molecule is CN(Cc1nc2ccccc2s1)C(=O)c1ccc(Br)c(S(=O)(=O)N(C)C)c1. The molecule has 9 heteroatoms. The molecule has 2 aromatic carbocycles. The van der Waals surface area contributed by atoms with E-state index in [-0.39, 0.29) is 10.8 Å². The summed E-state index contributed by atoms with van der Waals surface area (Å²) in [5, 5.41) is 0.824. The van der Waals surface area contributed by atoms with Crippen LogP contribution < -0.4 is 0 Å². The first-order valence-electron chi connectivity index (χ1n) is 8.02. The van der Waals surface area contributed by atoms with Gasteiger partial charge in [-0.2, -0.15) is 0 Å². The number of sulfonamides is 1. The Kier molecular flexibility index (Phi) is 5.66. The number of amides is 1. The number of rotatable bonds is 5. The normalized spacial score (nSPS) is 11.9. The molecule has 0 aliphatic carbocycles. The summed E-state index contributed by atoms with van der Waals surface area (Å²) in [6.07, 6.45) is 0. The highest BCUT2D eigenvalue weighted by molar-refractivity contribution is 9.10. The van der Waals surface area contributed by atoms with E-state index < -0.39 is 10.0 Å². The standard InChI is InChI=1S/C18H18BrN3O3S2/c1-21(2)27(24,25)16-10-12(8-9-13(16)19)18(23)22(3)11-17-20-14-6-4-5-7-15(14)26-17/h4-10H,11H2,1-3H3. The van der Waals surface area contributed by atoms with Crippen molar-refractivity contribution in [3.05, 3.63) is 57.5 Å². The summed E-state index contributed by atoms with van der Waals surface area (Å²) < 4.78 is 27.5. The molecule has 0 aliphatic heterocycles. The molecule has 1 heterocycles. The van der Waals surface area contributed by atoms with E-state index in [1.807, 2.05) is 24.3 Å². The number of nitrogens with zero attached hydrogens (tertiary/aromatic N) is 3. The largest absolute Gasteiger partial charge is 0.335 e. The first-order chi connectivity index (χ1) is 12.7. The molecule has 27 heavy (non-hydrogen) atoms. The van der Waals surface area contributed by atoms with Crippen molar-refractivity contribution >= 4 is 53.4 Å². The smallest absolute Gasteiger partial charge is 0.254 e. The number of fused-ring (bicyclic) bond motifs is 1. The van der Waals surface area contributed by atoms with E-state index in [1.54, 1.807) is 19.2 Å². The molecule has 0 atom stereocenters. The van der Waals surface area contributed by atoms with Crippen LogP contribution in [0.4, 0.5) is 0 Å². The first-order valence-corrected chi connectivity index (χ1v) is 11.1. The molecule has 1 aromatic heterocycles. The molecule has 0 bridgehead atoms. The van der Waals surface area contributed by atoms with Crippen molar-refractivity contribution in [2.45, 2.75) is 11.4 Å². The van der Waals surface area contributed by atoms with Gasteiger partial charge in [-0.1, -0.05) is 12.1 Å². The van der Waals surface area contributed by atoms with E-state index in [0.29, 0.717) is 16.6 Å². The molecule has 0 spiro atoms. The Morgan fingerprint density at radius 2 is 1.85 bits per heavy atom. The van der Waals surface area contributed by atoms with Crippen LogP contribution in [0.1, 0.15) is 15.4 Å². The number of hydrogen-bond donors (Lipinski definition) is 0. The highest BCUT2D eigenvalue weighted by Crippen LogP contribution is 2.27. The van der Waals surface area contributed by atoms with Gasteiger partial charge in [-0.05, 0) is 46.3 Å². The molecule has 3 rings (SSSR count). The zero-order chi connectivity index (χ0) is 19.8. The molecular formula is C18H18BrN3O3S2. The number of hydrogen-bond acceptors (Lipinski definition) is 5. The zero-order valence-corrected chi connectivity index (χ0v) is 18.2. The molecule has 142 valence electrons. The van der Waals surface area contributed by atoms with E-state index in [1.165, 1.54) is 36.4 Å². The number of carbonyl (C=O) groups excluding carboxylic acids is 1. The lowest BCUT2D eigenvalue weighted by molar-refractivity contribution is 0.0785. The maximum absolute atomic E-state index is 12.8. The molecule has 0 saturated heterocycles. The molecule has 0 aliphatic rings. The molecule has 1 amide bonds. The Labute approximate surface area is 170 Å². The van der Waals surface area contributed by atoms with Crippen LogP contribution in [-0.2, 0) is 16.6 Å². The molecule has 6 nitrogen and oxygen atoms in total. The minimum Gasteiger partial charge on any atom is -0.335 e. The topological polar surface area (TPSA) is 70.6 Å². The summed E-state index contributed by atoms with van der Waals surface area (Å²) in [6.45, 7) is 0.351. The number of benzene rings is 2. The second-order valence-electron chi connectivity index (χ2n) is 6.17. The summed E-state index contributed by atoms with van der Waals surface area (Å²) in [6, 6.07) is 12.4. The van der Waals surface area contributed by atoms with Crippen LogP contribution >= 0.6 is 27.3 Å². The van der Waals surface area contributed by atoms with E-state index in [2.05, 4.69) is 20.9 Å². The predicted molar refractivity (Wildman–Crippen MR) is 110 cm³/mol. The summed E-state index contributed by atoms with van der Waals surface area (Å²) in [5.41, 5.74) is 1.21. The van der Waals surface area contributed by atoms with Crippen molar-refractivity contribution in [3.63, 3.8) is 0 Å². The molecule has 0 unspecified atom stereocenters. The van der Waals surface area contributed by atoms with Gasteiger partial charge in [-0.3, -0.25) is 4.79 Å². The maximum Gasteiger partial charge on any atom is 0.254 e. The summed E-state index contributed by atoms with van der Waals surface area (Å²) in [4.78, 5) is 18.9. The van der Waals surface area contributed by atoms with Crippen LogP contribution in [0, 0.1) is 0 Å². The van der Waals surface area contributed by atoms with Crippen LogP contribution in [0.3, 0.4) is 0 Å².